The van der Waals surface area contributed by atoms with Gasteiger partial charge in [0.1, 0.15) is 11.6 Å². The van der Waals surface area contributed by atoms with Gasteiger partial charge in [-0.25, -0.2) is 4.39 Å². The van der Waals surface area contributed by atoms with E-state index >= 15 is 0 Å². The molecule has 1 aromatic rings. The molecule has 15 heavy (non-hydrogen) atoms. The van der Waals surface area contributed by atoms with Gasteiger partial charge in [0, 0.05) is 20.2 Å². The highest BCUT2D eigenvalue weighted by Gasteiger charge is 2.06. The highest BCUT2D eigenvalue weighted by atomic mass is 19.1. The lowest BCUT2D eigenvalue weighted by Crippen LogP contribution is -2.12. The van der Waals surface area contributed by atoms with Crippen molar-refractivity contribution in [2.24, 2.45) is 5.73 Å². The standard InChI is InChI=1S/C11H17FN2O/c1-14(2)10-8-9(12)4-5-11(10)15-7-3-6-13/h4-5,8H,3,6-7,13H2,1-2H3. The van der Waals surface area contributed by atoms with E-state index in [1.807, 2.05) is 19.0 Å². The number of anilines is 1. The molecule has 3 nitrogen and oxygen atoms in total. The molecule has 0 saturated heterocycles. The van der Waals surface area contributed by atoms with E-state index < -0.39 is 0 Å². The predicted molar refractivity (Wildman–Crippen MR) is 59.9 cm³/mol. The average molecular weight is 212 g/mol. The van der Waals surface area contributed by atoms with Gasteiger partial charge in [-0.15, -0.1) is 0 Å². The molecular weight excluding hydrogens is 195 g/mol. The molecule has 0 amide bonds. The Morgan fingerprint density at radius 1 is 1.40 bits per heavy atom. The van der Waals surface area contributed by atoms with Crippen molar-refractivity contribution in [1.29, 1.82) is 0 Å². The van der Waals surface area contributed by atoms with Crippen molar-refractivity contribution in [2.75, 3.05) is 32.1 Å². The summed E-state index contributed by atoms with van der Waals surface area (Å²) < 4.78 is 18.5. The molecule has 0 aromatic heterocycles. The maximum atomic E-state index is 13.0. The lowest BCUT2D eigenvalue weighted by atomic mass is 10.2. The number of ether oxygens (including phenoxy) is 1. The van der Waals surface area contributed by atoms with Gasteiger partial charge in [0.05, 0.1) is 12.3 Å². The zero-order chi connectivity index (χ0) is 11.3. The lowest BCUT2D eigenvalue weighted by molar-refractivity contribution is 0.313. The second-order valence-corrected chi connectivity index (χ2v) is 3.50. The van der Waals surface area contributed by atoms with E-state index in [4.69, 9.17) is 10.5 Å². The summed E-state index contributed by atoms with van der Waals surface area (Å²) in [6.07, 6.45) is 0.796. The minimum absolute atomic E-state index is 0.259. The molecule has 2 N–H and O–H groups in total. The molecular formula is C11H17FN2O. The number of nitrogens with two attached hydrogens (primary N) is 1. The van der Waals surface area contributed by atoms with Gasteiger partial charge >= 0.3 is 0 Å². The van der Waals surface area contributed by atoms with Crippen molar-refractivity contribution in [3.63, 3.8) is 0 Å². The van der Waals surface area contributed by atoms with E-state index in [9.17, 15) is 4.39 Å². The van der Waals surface area contributed by atoms with E-state index in [1.54, 1.807) is 6.07 Å². The highest BCUT2D eigenvalue weighted by molar-refractivity contribution is 5.57. The van der Waals surface area contributed by atoms with Crippen LogP contribution in [0.3, 0.4) is 0 Å². The van der Waals surface area contributed by atoms with Crippen molar-refractivity contribution >= 4 is 5.69 Å². The molecule has 0 bridgehead atoms. The van der Waals surface area contributed by atoms with Gasteiger partial charge in [0.25, 0.3) is 0 Å². The number of hydrogen-bond donors (Lipinski definition) is 1. The van der Waals surface area contributed by atoms with Crippen LogP contribution in [0.2, 0.25) is 0 Å². The van der Waals surface area contributed by atoms with Gasteiger partial charge in [0.15, 0.2) is 0 Å². The van der Waals surface area contributed by atoms with Crippen LogP contribution in [0.15, 0.2) is 18.2 Å². The van der Waals surface area contributed by atoms with E-state index in [-0.39, 0.29) is 5.82 Å². The van der Waals surface area contributed by atoms with Crippen LogP contribution < -0.4 is 15.4 Å². The van der Waals surface area contributed by atoms with E-state index in [2.05, 4.69) is 0 Å². The second-order valence-electron chi connectivity index (χ2n) is 3.50. The third-order valence-corrected chi connectivity index (χ3v) is 2.01. The Kier molecular flexibility index (Phi) is 4.37. The third kappa shape index (κ3) is 3.40. The van der Waals surface area contributed by atoms with Crippen molar-refractivity contribution in [1.82, 2.24) is 0 Å². The van der Waals surface area contributed by atoms with Crippen LogP contribution in [0.5, 0.6) is 5.75 Å². The maximum absolute atomic E-state index is 13.0. The molecule has 0 atom stereocenters. The zero-order valence-electron chi connectivity index (χ0n) is 9.16. The SMILES string of the molecule is CN(C)c1cc(F)ccc1OCCCN. The Morgan fingerprint density at radius 2 is 2.13 bits per heavy atom. The number of halogens is 1. The Bertz CT molecular complexity index is 315. The van der Waals surface area contributed by atoms with Crippen molar-refractivity contribution in [3.8, 4) is 5.75 Å². The first-order chi connectivity index (χ1) is 7.15. The Hall–Kier alpha value is -1.29. The summed E-state index contributed by atoms with van der Waals surface area (Å²) in [5.74, 6) is 0.430. The molecule has 0 radical (unpaired) electrons. The van der Waals surface area contributed by atoms with Gasteiger partial charge in [-0.1, -0.05) is 0 Å². The summed E-state index contributed by atoms with van der Waals surface area (Å²) in [5, 5.41) is 0. The van der Waals surface area contributed by atoms with Gasteiger partial charge in [0.2, 0.25) is 0 Å². The molecule has 0 aliphatic carbocycles. The zero-order valence-corrected chi connectivity index (χ0v) is 9.16. The molecule has 0 saturated carbocycles. The Balaban J connectivity index is 2.77. The molecule has 0 unspecified atom stereocenters. The number of benzene rings is 1. The van der Waals surface area contributed by atoms with Crippen LogP contribution in [0, 0.1) is 5.82 Å². The lowest BCUT2D eigenvalue weighted by Gasteiger charge is -2.17. The van der Waals surface area contributed by atoms with Crippen LogP contribution in [-0.4, -0.2) is 27.2 Å². The summed E-state index contributed by atoms with van der Waals surface area (Å²) in [7, 11) is 3.70. The molecule has 4 heteroatoms. The first-order valence-electron chi connectivity index (χ1n) is 4.95. The Labute approximate surface area is 89.6 Å². The molecule has 0 aliphatic rings. The number of rotatable bonds is 5. The fourth-order valence-electron chi connectivity index (χ4n) is 1.23. The van der Waals surface area contributed by atoms with Crippen LogP contribution in [-0.2, 0) is 0 Å². The van der Waals surface area contributed by atoms with E-state index in [0.29, 0.717) is 18.9 Å². The summed E-state index contributed by atoms with van der Waals surface area (Å²) in [6.45, 7) is 1.15. The average Bonchev–Trinajstić information content (AvgIpc) is 2.20. The number of hydrogen-bond acceptors (Lipinski definition) is 3. The van der Waals surface area contributed by atoms with Gasteiger partial charge < -0.3 is 15.4 Å². The second kappa shape index (κ2) is 5.56. The minimum atomic E-state index is -0.259. The van der Waals surface area contributed by atoms with Crippen LogP contribution in [0.1, 0.15) is 6.42 Å². The van der Waals surface area contributed by atoms with Crippen molar-refractivity contribution in [2.45, 2.75) is 6.42 Å². The first-order valence-corrected chi connectivity index (χ1v) is 4.95. The fraction of sp³-hybridized carbons (Fsp3) is 0.455. The van der Waals surface area contributed by atoms with Crippen LogP contribution in [0.4, 0.5) is 10.1 Å². The minimum Gasteiger partial charge on any atom is -0.491 e. The third-order valence-electron chi connectivity index (χ3n) is 2.01. The van der Waals surface area contributed by atoms with Crippen molar-refractivity contribution in [3.05, 3.63) is 24.0 Å². The quantitative estimate of drug-likeness (QED) is 0.754. The number of nitrogens with zero attached hydrogens (tertiary/aromatic N) is 1. The normalized spacial score (nSPS) is 10.1. The Morgan fingerprint density at radius 3 is 2.73 bits per heavy atom. The van der Waals surface area contributed by atoms with E-state index in [0.717, 1.165) is 12.1 Å². The highest BCUT2D eigenvalue weighted by Crippen LogP contribution is 2.27. The molecule has 1 aromatic carbocycles. The molecule has 0 spiro atoms. The van der Waals surface area contributed by atoms with Gasteiger partial charge in [-0.05, 0) is 25.1 Å². The van der Waals surface area contributed by atoms with Gasteiger partial charge in [-0.2, -0.15) is 0 Å². The maximum Gasteiger partial charge on any atom is 0.142 e. The topological polar surface area (TPSA) is 38.5 Å². The summed E-state index contributed by atoms with van der Waals surface area (Å²) in [5.41, 5.74) is 6.11. The summed E-state index contributed by atoms with van der Waals surface area (Å²) >= 11 is 0. The molecule has 0 fully saturated rings. The molecule has 84 valence electrons. The molecule has 0 aliphatic heterocycles. The predicted octanol–water partition coefficient (Wildman–Crippen LogP) is 1.62. The molecule has 0 heterocycles. The smallest absolute Gasteiger partial charge is 0.142 e. The van der Waals surface area contributed by atoms with Crippen LogP contribution in [0.25, 0.3) is 0 Å². The molecule has 1 rings (SSSR count). The monoisotopic (exact) mass is 212 g/mol. The largest absolute Gasteiger partial charge is 0.491 e. The van der Waals surface area contributed by atoms with Crippen LogP contribution >= 0.6 is 0 Å². The van der Waals surface area contributed by atoms with E-state index in [1.165, 1.54) is 12.1 Å². The summed E-state index contributed by atoms with van der Waals surface area (Å²) in [4.78, 5) is 1.82. The van der Waals surface area contributed by atoms with Crippen molar-refractivity contribution < 1.29 is 9.13 Å². The summed E-state index contributed by atoms with van der Waals surface area (Å²) in [6, 6.07) is 4.49. The fourth-order valence-corrected chi connectivity index (χ4v) is 1.23. The van der Waals surface area contributed by atoms with Gasteiger partial charge in [-0.3, -0.25) is 0 Å². The first kappa shape index (κ1) is 11.8.